The number of sulfonamides is 1. The molecule has 0 aliphatic carbocycles. The van der Waals surface area contributed by atoms with Crippen molar-refractivity contribution in [1.29, 1.82) is 0 Å². The molecule has 12 heteroatoms. The maximum atomic E-state index is 13.1. The van der Waals surface area contributed by atoms with Crippen LogP contribution in [0.2, 0.25) is 0 Å². The van der Waals surface area contributed by atoms with Crippen LogP contribution in [0.3, 0.4) is 0 Å². The molecule has 204 valence electrons. The molecule has 2 aromatic carbocycles. The molecule has 1 aliphatic heterocycles. The first-order valence-electron chi connectivity index (χ1n) is 12.0. The highest BCUT2D eigenvalue weighted by Crippen LogP contribution is 2.31. The number of pyridine rings is 1. The molecule has 0 spiro atoms. The Morgan fingerprint density at radius 2 is 1.87 bits per heavy atom. The van der Waals surface area contributed by atoms with E-state index in [0.717, 1.165) is 40.4 Å². The molecule has 8 nitrogen and oxygen atoms in total. The van der Waals surface area contributed by atoms with E-state index in [2.05, 4.69) is 10.3 Å². The Bertz CT molecular complexity index is 1410. The van der Waals surface area contributed by atoms with Crippen molar-refractivity contribution in [3.05, 3.63) is 77.0 Å². The summed E-state index contributed by atoms with van der Waals surface area (Å²) in [6.45, 7) is 2.57. The van der Waals surface area contributed by atoms with Gasteiger partial charge in [0.15, 0.2) is 0 Å². The second-order valence-electron chi connectivity index (χ2n) is 9.25. The summed E-state index contributed by atoms with van der Waals surface area (Å²) in [6, 6.07) is 12.4. The maximum Gasteiger partial charge on any atom is 0.416 e. The minimum Gasteiger partial charge on any atom is -0.465 e. The number of fused-ring (bicyclic) bond motifs is 1. The number of aromatic nitrogens is 1. The molecule has 3 aromatic rings. The summed E-state index contributed by atoms with van der Waals surface area (Å²) >= 11 is 0. The number of hydrogen-bond acceptors (Lipinski definition) is 5. The van der Waals surface area contributed by atoms with Crippen molar-refractivity contribution in [3.63, 3.8) is 0 Å². The Kier molecular flexibility index (Phi) is 8.24. The van der Waals surface area contributed by atoms with Gasteiger partial charge in [0.2, 0.25) is 10.0 Å². The number of carboxylic acid groups (broad SMARTS) is 1. The van der Waals surface area contributed by atoms with E-state index in [9.17, 15) is 31.5 Å². The largest absolute Gasteiger partial charge is 0.465 e. The molecule has 1 saturated heterocycles. The molecule has 38 heavy (non-hydrogen) atoms. The number of alkyl halides is 3. The van der Waals surface area contributed by atoms with Crippen molar-refractivity contribution < 1.29 is 36.2 Å². The van der Waals surface area contributed by atoms with Crippen molar-refractivity contribution in [1.82, 2.24) is 14.6 Å². The Balaban J connectivity index is 1.40. The highest BCUT2D eigenvalue weighted by Gasteiger charge is 2.34. The quantitative estimate of drug-likeness (QED) is 0.413. The van der Waals surface area contributed by atoms with Gasteiger partial charge in [-0.1, -0.05) is 30.3 Å². The summed E-state index contributed by atoms with van der Waals surface area (Å²) in [5, 5.41) is 12.2. The number of rotatable bonds is 8. The fourth-order valence-electron chi connectivity index (χ4n) is 4.62. The van der Waals surface area contributed by atoms with Crippen LogP contribution in [0.1, 0.15) is 41.3 Å². The van der Waals surface area contributed by atoms with E-state index in [1.807, 2.05) is 37.3 Å². The van der Waals surface area contributed by atoms with Gasteiger partial charge in [0.1, 0.15) is 0 Å². The lowest BCUT2D eigenvalue weighted by Gasteiger charge is -2.32. The van der Waals surface area contributed by atoms with Crippen LogP contribution in [0, 0.1) is 6.92 Å². The Labute approximate surface area is 218 Å². The first-order valence-corrected chi connectivity index (χ1v) is 13.6. The van der Waals surface area contributed by atoms with Gasteiger partial charge in [-0.15, -0.1) is 0 Å². The zero-order chi connectivity index (χ0) is 27.5. The minimum atomic E-state index is -4.65. The fourth-order valence-corrected chi connectivity index (χ4v) is 6.29. The lowest BCUT2D eigenvalue weighted by molar-refractivity contribution is -0.137. The lowest BCUT2D eigenvalue weighted by atomic mass is 10.0. The zero-order valence-corrected chi connectivity index (χ0v) is 21.4. The molecular formula is C26H28F3N3O5S. The Morgan fingerprint density at radius 1 is 1.16 bits per heavy atom. The smallest absolute Gasteiger partial charge is 0.416 e. The molecule has 1 fully saturated rings. The van der Waals surface area contributed by atoms with Gasteiger partial charge in [0.25, 0.3) is 0 Å². The van der Waals surface area contributed by atoms with Gasteiger partial charge < -0.3 is 15.2 Å². The van der Waals surface area contributed by atoms with Gasteiger partial charge in [-0.25, -0.2) is 17.5 Å². The number of aryl methyl sites for hydroxylation is 1. The van der Waals surface area contributed by atoms with Crippen molar-refractivity contribution in [2.45, 2.75) is 44.7 Å². The molecule has 1 unspecified atom stereocenters. The molecular weight excluding hydrogens is 523 g/mol. The minimum absolute atomic E-state index is 0.0797. The predicted molar refractivity (Wildman–Crippen MR) is 135 cm³/mol. The Hall–Kier alpha value is -3.22. The topological polar surface area (TPSA) is 109 Å². The number of benzene rings is 2. The molecule has 2 heterocycles. The standard InChI is InChI=1S/C26H28F3N3O5S/c1-17-13-19(22-7-2-3-8-23(22)30-17)15-37-21-9-11-32(12-10-21)38(35,36)16-24(31-25(33)34)18-5-4-6-20(14-18)26(27,28)29/h2-8,13-14,21,24,31H,9-12,15-16H2,1H3,(H,33,34). The van der Waals surface area contributed by atoms with Crippen LogP contribution < -0.4 is 5.32 Å². The maximum absolute atomic E-state index is 13.1. The first-order chi connectivity index (χ1) is 17.9. The van der Waals surface area contributed by atoms with E-state index in [4.69, 9.17) is 4.74 Å². The van der Waals surface area contributed by atoms with Gasteiger partial charge in [0, 0.05) is 24.2 Å². The Morgan fingerprint density at radius 3 is 2.55 bits per heavy atom. The number of nitrogens with zero attached hydrogens (tertiary/aromatic N) is 2. The monoisotopic (exact) mass is 551 g/mol. The van der Waals surface area contributed by atoms with Crippen LogP contribution >= 0.6 is 0 Å². The van der Waals surface area contributed by atoms with Crippen molar-refractivity contribution >= 4 is 27.0 Å². The van der Waals surface area contributed by atoms with E-state index in [-0.39, 0.29) is 24.8 Å². The van der Waals surface area contributed by atoms with Crippen LogP contribution in [-0.4, -0.2) is 53.9 Å². The second-order valence-corrected chi connectivity index (χ2v) is 11.3. The highest BCUT2D eigenvalue weighted by atomic mass is 32.2. The third kappa shape index (κ3) is 6.80. The van der Waals surface area contributed by atoms with E-state index in [1.165, 1.54) is 10.4 Å². The van der Waals surface area contributed by atoms with Crippen molar-refractivity contribution in [2.24, 2.45) is 0 Å². The second kappa shape index (κ2) is 11.3. The molecule has 0 saturated carbocycles. The number of hydrogen-bond donors (Lipinski definition) is 2. The van der Waals surface area contributed by atoms with E-state index >= 15 is 0 Å². The SMILES string of the molecule is Cc1cc(COC2CCN(S(=O)(=O)CC(NC(=O)O)c3cccc(C(F)(F)F)c3)CC2)c2ccccc2n1. The van der Waals surface area contributed by atoms with E-state index in [0.29, 0.717) is 19.4 Å². The highest BCUT2D eigenvalue weighted by molar-refractivity contribution is 7.89. The van der Waals surface area contributed by atoms with Crippen LogP contribution in [0.5, 0.6) is 0 Å². The number of amides is 1. The summed E-state index contributed by atoms with van der Waals surface area (Å²) in [5.74, 6) is -0.700. The van der Waals surface area contributed by atoms with E-state index < -0.39 is 39.7 Å². The average molecular weight is 552 g/mol. The van der Waals surface area contributed by atoms with Crippen molar-refractivity contribution in [2.75, 3.05) is 18.8 Å². The molecule has 1 atom stereocenters. The average Bonchev–Trinajstić information content (AvgIpc) is 2.86. The van der Waals surface area contributed by atoms with Crippen LogP contribution in [0.25, 0.3) is 10.9 Å². The summed E-state index contributed by atoms with van der Waals surface area (Å²) < 4.78 is 73.0. The zero-order valence-electron chi connectivity index (χ0n) is 20.6. The molecule has 1 aliphatic rings. The number of halogens is 3. The molecule has 4 rings (SSSR count). The number of para-hydroxylation sites is 1. The number of piperidine rings is 1. The van der Waals surface area contributed by atoms with Gasteiger partial charge in [0.05, 0.1) is 35.6 Å². The lowest BCUT2D eigenvalue weighted by Crippen LogP contribution is -2.44. The summed E-state index contributed by atoms with van der Waals surface area (Å²) in [4.78, 5) is 15.8. The molecule has 2 N–H and O–H groups in total. The molecule has 1 amide bonds. The summed E-state index contributed by atoms with van der Waals surface area (Å²) in [7, 11) is -3.99. The molecule has 0 radical (unpaired) electrons. The van der Waals surface area contributed by atoms with Crippen LogP contribution in [0.15, 0.2) is 54.6 Å². The fraction of sp³-hybridized carbons (Fsp3) is 0.385. The number of ether oxygens (including phenoxy) is 1. The first kappa shape index (κ1) is 27.8. The summed E-state index contributed by atoms with van der Waals surface area (Å²) in [6.07, 6.45) is -5.49. The summed E-state index contributed by atoms with van der Waals surface area (Å²) in [5.41, 5.74) is 1.67. The predicted octanol–water partition coefficient (Wildman–Crippen LogP) is 4.88. The van der Waals surface area contributed by atoms with Crippen LogP contribution in [-0.2, 0) is 27.5 Å². The normalized spacial score (nSPS) is 16.4. The van der Waals surface area contributed by atoms with Gasteiger partial charge in [-0.3, -0.25) is 4.98 Å². The van der Waals surface area contributed by atoms with Crippen LogP contribution in [0.4, 0.5) is 18.0 Å². The van der Waals surface area contributed by atoms with Gasteiger partial charge in [-0.2, -0.15) is 13.2 Å². The molecule has 1 aromatic heterocycles. The van der Waals surface area contributed by atoms with E-state index in [1.54, 1.807) is 0 Å². The third-order valence-electron chi connectivity index (χ3n) is 6.49. The third-order valence-corrected chi connectivity index (χ3v) is 8.40. The van der Waals surface area contributed by atoms with Gasteiger partial charge in [-0.05, 0) is 55.2 Å². The molecule has 0 bridgehead atoms. The van der Waals surface area contributed by atoms with Gasteiger partial charge >= 0.3 is 12.3 Å². The number of carbonyl (C=O) groups is 1. The number of nitrogens with one attached hydrogen (secondary N) is 1. The van der Waals surface area contributed by atoms with Crippen molar-refractivity contribution in [3.8, 4) is 0 Å².